The molecule has 352 valence electrons. The number of esters is 1. The van der Waals surface area contributed by atoms with E-state index in [0.717, 1.165) is 57.8 Å². The summed E-state index contributed by atoms with van der Waals surface area (Å²) in [4.78, 5) is 26.1. The SMILES string of the molecule is CCCCCCCC/C=C/CCCCCCCCCC(=O)OC(CCC/C=C/C=C/CCCCCCCCC)CC(=O)NC(CO)C(O)CCCCCCCCCCCC. The number of rotatable bonds is 47. The first-order valence-corrected chi connectivity index (χ1v) is 26.2. The Labute approximate surface area is 373 Å². The minimum atomic E-state index is -0.797. The van der Waals surface area contributed by atoms with Crippen molar-refractivity contribution in [3.05, 3.63) is 36.5 Å². The molecule has 0 aliphatic carbocycles. The number of carbonyl (C=O) groups is 2. The minimum Gasteiger partial charge on any atom is -0.462 e. The number of aliphatic hydroxyl groups is 2. The van der Waals surface area contributed by atoms with E-state index in [9.17, 15) is 19.8 Å². The molecule has 0 aromatic rings. The Balaban J connectivity index is 4.61. The first kappa shape index (κ1) is 58.1. The molecular formula is C54H101NO5. The van der Waals surface area contributed by atoms with Crippen LogP contribution in [0.2, 0.25) is 0 Å². The zero-order chi connectivity index (χ0) is 43.8. The van der Waals surface area contributed by atoms with Gasteiger partial charge < -0.3 is 20.3 Å². The Morgan fingerprint density at radius 1 is 0.483 bits per heavy atom. The normalized spacial score (nSPS) is 13.5. The number of amides is 1. The van der Waals surface area contributed by atoms with E-state index in [1.165, 1.54) is 167 Å². The Bertz CT molecular complexity index is 993. The van der Waals surface area contributed by atoms with Crippen LogP contribution < -0.4 is 5.32 Å². The van der Waals surface area contributed by atoms with E-state index in [4.69, 9.17) is 4.74 Å². The van der Waals surface area contributed by atoms with Gasteiger partial charge in [-0.1, -0.05) is 224 Å². The predicted octanol–water partition coefficient (Wildman–Crippen LogP) is 15.7. The lowest BCUT2D eigenvalue weighted by molar-refractivity contribution is -0.151. The van der Waals surface area contributed by atoms with Gasteiger partial charge in [0, 0.05) is 6.42 Å². The molecule has 0 aliphatic rings. The zero-order valence-corrected chi connectivity index (χ0v) is 40.1. The van der Waals surface area contributed by atoms with Gasteiger partial charge in [-0.25, -0.2) is 0 Å². The van der Waals surface area contributed by atoms with E-state index in [1.54, 1.807) is 0 Å². The summed E-state index contributed by atoms with van der Waals surface area (Å²) in [5.74, 6) is -0.518. The summed E-state index contributed by atoms with van der Waals surface area (Å²) in [7, 11) is 0. The first-order chi connectivity index (χ1) is 29.5. The molecule has 0 saturated heterocycles. The highest BCUT2D eigenvalue weighted by Gasteiger charge is 2.24. The molecule has 3 N–H and O–H groups in total. The van der Waals surface area contributed by atoms with Gasteiger partial charge >= 0.3 is 5.97 Å². The smallest absolute Gasteiger partial charge is 0.306 e. The highest BCUT2D eigenvalue weighted by Crippen LogP contribution is 2.17. The van der Waals surface area contributed by atoms with Crippen LogP contribution in [0.4, 0.5) is 0 Å². The molecule has 0 bridgehead atoms. The molecule has 3 unspecified atom stereocenters. The molecule has 1 amide bonds. The molecule has 0 rings (SSSR count). The van der Waals surface area contributed by atoms with Gasteiger partial charge in [-0.2, -0.15) is 0 Å². The van der Waals surface area contributed by atoms with Crippen molar-refractivity contribution in [2.45, 2.75) is 289 Å². The lowest BCUT2D eigenvalue weighted by atomic mass is 10.0. The lowest BCUT2D eigenvalue weighted by Crippen LogP contribution is -2.46. The van der Waals surface area contributed by atoms with Gasteiger partial charge in [0.2, 0.25) is 5.91 Å². The number of nitrogens with one attached hydrogen (secondary N) is 1. The van der Waals surface area contributed by atoms with Crippen LogP contribution in [0.25, 0.3) is 0 Å². The highest BCUT2D eigenvalue weighted by atomic mass is 16.5. The molecule has 3 atom stereocenters. The van der Waals surface area contributed by atoms with E-state index >= 15 is 0 Å². The molecule has 0 heterocycles. The third-order valence-corrected chi connectivity index (χ3v) is 12.0. The fourth-order valence-corrected chi connectivity index (χ4v) is 7.95. The van der Waals surface area contributed by atoms with Gasteiger partial charge in [0.25, 0.3) is 0 Å². The highest BCUT2D eigenvalue weighted by molar-refractivity contribution is 5.77. The topological polar surface area (TPSA) is 95.9 Å². The van der Waals surface area contributed by atoms with Gasteiger partial charge in [-0.15, -0.1) is 0 Å². The van der Waals surface area contributed by atoms with Crippen LogP contribution in [-0.2, 0) is 14.3 Å². The standard InChI is InChI=1S/C54H101NO5/c1-4-7-10-13-16-19-22-24-26-27-28-30-32-35-38-41-44-47-54(59)60-50(45-42-39-36-33-31-29-25-23-20-17-14-11-8-5-2)48-53(58)55-51(49-56)52(57)46-43-40-37-34-21-18-15-12-9-6-3/h24,26,29,31,33,36,50-52,56-57H,4-23,25,27-28,30,32,34-35,37-49H2,1-3H3,(H,55,58)/b26-24+,31-29+,36-33+. The van der Waals surface area contributed by atoms with Crippen molar-refractivity contribution in [1.82, 2.24) is 5.32 Å². The summed E-state index contributed by atoms with van der Waals surface area (Å²) in [5, 5.41) is 23.7. The molecule has 0 aromatic heterocycles. The summed E-state index contributed by atoms with van der Waals surface area (Å²) in [5.41, 5.74) is 0. The van der Waals surface area contributed by atoms with E-state index in [-0.39, 0.29) is 24.9 Å². The van der Waals surface area contributed by atoms with Gasteiger partial charge in [-0.3, -0.25) is 9.59 Å². The first-order valence-electron chi connectivity index (χ1n) is 26.2. The molecule has 0 aliphatic heterocycles. The van der Waals surface area contributed by atoms with Crippen LogP contribution in [0, 0.1) is 0 Å². The number of hydrogen-bond donors (Lipinski definition) is 3. The predicted molar refractivity (Wildman–Crippen MR) is 259 cm³/mol. The number of aliphatic hydroxyl groups excluding tert-OH is 2. The van der Waals surface area contributed by atoms with Crippen molar-refractivity contribution in [3.63, 3.8) is 0 Å². The Morgan fingerprint density at radius 2 is 0.867 bits per heavy atom. The van der Waals surface area contributed by atoms with Crippen LogP contribution in [0.15, 0.2) is 36.5 Å². The van der Waals surface area contributed by atoms with Crippen molar-refractivity contribution >= 4 is 11.9 Å². The summed E-state index contributed by atoms with van der Waals surface area (Å²) in [6, 6.07) is -0.713. The van der Waals surface area contributed by atoms with Crippen molar-refractivity contribution in [1.29, 1.82) is 0 Å². The second-order valence-corrected chi connectivity index (χ2v) is 17.9. The van der Waals surface area contributed by atoms with Crippen LogP contribution in [-0.4, -0.2) is 46.9 Å². The van der Waals surface area contributed by atoms with Crippen LogP contribution in [0.3, 0.4) is 0 Å². The average molecular weight is 844 g/mol. The Morgan fingerprint density at radius 3 is 1.32 bits per heavy atom. The van der Waals surface area contributed by atoms with Gasteiger partial charge in [0.15, 0.2) is 0 Å². The minimum absolute atomic E-state index is 0.0452. The number of ether oxygens (including phenoxy) is 1. The zero-order valence-electron chi connectivity index (χ0n) is 40.1. The number of allylic oxidation sites excluding steroid dienone is 6. The summed E-state index contributed by atoms with van der Waals surface area (Å²) in [6.07, 6.45) is 56.4. The van der Waals surface area contributed by atoms with Crippen LogP contribution in [0.1, 0.15) is 271 Å². The molecule has 0 saturated carbocycles. The number of carbonyl (C=O) groups excluding carboxylic acids is 2. The Kier molecular flexibility index (Phi) is 46.6. The largest absolute Gasteiger partial charge is 0.462 e. The molecule has 60 heavy (non-hydrogen) atoms. The van der Waals surface area contributed by atoms with Gasteiger partial charge in [0.05, 0.1) is 25.2 Å². The van der Waals surface area contributed by atoms with Gasteiger partial charge in [-0.05, 0) is 70.6 Å². The molecule has 0 fully saturated rings. The van der Waals surface area contributed by atoms with Crippen molar-refractivity contribution in [2.75, 3.05) is 6.61 Å². The van der Waals surface area contributed by atoms with Crippen molar-refractivity contribution < 1.29 is 24.5 Å². The molecule has 0 radical (unpaired) electrons. The third-order valence-electron chi connectivity index (χ3n) is 12.0. The van der Waals surface area contributed by atoms with Crippen LogP contribution in [0.5, 0.6) is 0 Å². The number of hydrogen-bond acceptors (Lipinski definition) is 5. The second kappa shape index (κ2) is 48.1. The molecule has 6 heteroatoms. The Hall–Kier alpha value is -1.92. The number of unbranched alkanes of at least 4 members (excludes halogenated alkanes) is 30. The van der Waals surface area contributed by atoms with E-state index in [0.29, 0.717) is 19.3 Å². The van der Waals surface area contributed by atoms with E-state index in [2.05, 4.69) is 62.5 Å². The van der Waals surface area contributed by atoms with E-state index < -0.39 is 18.2 Å². The maximum Gasteiger partial charge on any atom is 0.306 e. The van der Waals surface area contributed by atoms with Crippen molar-refractivity contribution in [3.8, 4) is 0 Å². The fourth-order valence-electron chi connectivity index (χ4n) is 7.95. The second-order valence-electron chi connectivity index (χ2n) is 17.9. The summed E-state index contributed by atoms with van der Waals surface area (Å²) < 4.78 is 5.91. The summed E-state index contributed by atoms with van der Waals surface area (Å²) >= 11 is 0. The quantitative estimate of drug-likeness (QED) is 0.0245. The van der Waals surface area contributed by atoms with Crippen molar-refractivity contribution in [2.24, 2.45) is 0 Å². The molecular weight excluding hydrogens is 743 g/mol. The van der Waals surface area contributed by atoms with Gasteiger partial charge in [0.1, 0.15) is 6.10 Å². The molecule has 0 aromatic carbocycles. The maximum absolute atomic E-state index is 13.2. The summed E-state index contributed by atoms with van der Waals surface area (Å²) in [6.45, 7) is 6.46. The molecule has 6 nitrogen and oxygen atoms in total. The molecule has 0 spiro atoms. The fraction of sp³-hybridized carbons (Fsp3) is 0.852. The maximum atomic E-state index is 13.2. The average Bonchev–Trinajstić information content (AvgIpc) is 3.24. The lowest BCUT2D eigenvalue weighted by Gasteiger charge is -2.24. The van der Waals surface area contributed by atoms with E-state index in [1.807, 2.05) is 0 Å². The monoisotopic (exact) mass is 844 g/mol. The third kappa shape index (κ3) is 42.8. The van der Waals surface area contributed by atoms with Crippen LogP contribution >= 0.6 is 0 Å².